The fourth-order valence-corrected chi connectivity index (χ4v) is 2.67. The van der Waals surface area contributed by atoms with E-state index in [0.717, 1.165) is 5.56 Å². The van der Waals surface area contributed by atoms with Crippen molar-refractivity contribution in [3.8, 4) is 17.0 Å². The Morgan fingerprint density at radius 2 is 2.41 bits per heavy atom. The average molecular weight is 319 g/mol. The van der Waals surface area contributed by atoms with Crippen LogP contribution >= 0.6 is 11.3 Å². The van der Waals surface area contributed by atoms with Crippen LogP contribution in [-0.2, 0) is 9.53 Å². The number of aromatic nitrogens is 1. The van der Waals surface area contributed by atoms with Gasteiger partial charge in [0.15, 0.2) is 11.7 Å². The maximum atomic E-state index is 11.4. The largest absolute Gasteiger partial charge is 0.482 e. The minimum atomic E-state index is -0.533. The van der Waals surface area contributed by atoms with Crippen molar-refractivity contribution < 1.29 is 19.1 Å². The lowest BCUT2D eigenvalue weighted by Gasteiger charge is -2.18. The molecule has 2 amide bonds. The number of hydrogen-bond donors (Lipinski definition) is 2. The van der Waals surface area contributed by atoms with E-state index in [0.29, 0.717) is 28.9 Å². The van der Waals surface area contributed by atoms with Crippen LogP contribution in [0, 0.1) is 0 Å². The number of nitrogens with zero attached hydrogens (tertiary/aromatic N) is 1. The average Bonchev–Trinajstić information content (AvgIpc) is 2.95. The first-order chi connectivity index (χ1) is 10.7. The maximum absolute atomic E-state index is 11.4. The van der Waals surface area contributed by atoms with Crippen LogP contribution in [0.3, 0.4) is 0 Å². The highest BCUT2D eigenvalue weighted by Gasteiger charge is 2.17. The Hall–Kier alpha value is -2.61. The number of ether oxygens (including phenoxy) is 2. The predicted octanol–water partition coefficient (Wildman–Crippen LogP) is 2.71. The summed E-state index contributed by atoms with van der Waals surface area (Å²) >= 11 is 1.29. The Labute approximate surface area is 130 Å². The third-order valence-corrected chi connectivity index (χ3v) is 3.65. The number of rotatable bonds is 3. The molecule has 0 atom stereocenters. The number of benzene rings is 1. The van der Waals surface area contributed by atoms with E-state index in [1.165, 1.54) is 11.3 Å². The molecule has 22 heavy (non-hydrogen) atoms. The summed E-state index contributed by atoms with van der Waals surface area (Å²) in [6.45, 7) is 2.06. The first-order valence-electron chi connectivity index (χ1n) is 6.62. The molecule has 3 rings (SSSR count). The highest BCUT2D eigenvalue weighted by Crippen LogP contribution is 2.33. The number of hydrogen-bond acceptors (Lipinski definition) is 6. The van der Waals surface area contributed by atoms with E-state index in [2.05, 4.69) is 15.6 Å². The molecule has 0 saturated carbocycles. The molecule has 1 aliphatic rings. The maximum Gasteiger partial charge on any atom is 0.413 e. The molecule has 7 nitrogen and oxygen atoms in total. The van der Waals surface area contributed by atoms with Crippen LogP contribution in [0.15, 0.2) is 23.6 Å². The molecule has 0 bridgehead atoms. The van der Waals surface area contributed by atoms with Gasteiger partial charge in [-0.3, -0.25) is 10.1 Å². The van der Waals surface area contributed by atoms with Crippen LogP contribution in [0.5, 0.6) is 5.75 Å². The number of fused-ring (bicyclic) bond motifs is 1. The SMILES string of the molecule is CCOC(=O)Nc1nc(-c2ccc3c(c2)NC(=O)CO3)cs1. The minimum Gasteiger partial charge on any atom is -0.482 e. The number of thiazole rings is 1. The molecule has 0 saturated heterocycles. The van der Waals surface area contributed by atoms with E-state index < -0.39 is 6.09 Å². The zero-order valence-electron chi connectivity index (χ0n) is 11.7. The van der Waals surface area contributed by atoms with Gasteiger partial charge in [0, 0.05) is 10.9 Å². The molecule has 1 aromatic heterocycles. The highest BCUT2D eigenvalue weighted by atomic mass is 32.1. The minimum absolute atomic E-state index is 0.0245. The van der Waals surface area contributed by atoms with E-state index >= 15 is 0 Å². The molecular formula is C14H13N3O4S. The fourth-order valence-electron chi connectivity index (χ4n) is 1.96. The smallest absolute Gasteiger partial charge is 0.413 e. The molecule has 1 aromatic carbocycles. The zero-order valence-corrected chi connectivity index (χ0v) is 12.5. The van der Waals surface area contributed by atoms with Gasteiger partial charge in [0.05, 0.1) is 18.0 Å². The number of nitrogens with one attached hydrogen (secondary N) is 2. The van der Waals surface area contributed by atoms with Crippen molar-refractivity contribution in [2.24, 2.45) is 0 Å². The van der Waals surface area contributed by atoms with Crippen molar-refractivity contribution >= 4 is 34.2 Å². The molecule has 1 aliphatic heterocycles. The zero-order chi connectivity index (χ0) is 15.5. The molecule has 2 aromatic rings. The molecule has 114 valence electrons. The van der Waals surface area contributed by atoms with Crippen LogP contribution < -0.4 is 15.4 Å². The Morgan fingerprint density at radius 3 is 3.23 bits per heavy atom. The van der Waals surface area contributed by atoms with Gasteiger partial charge in [-0.1, -0.05) is 0 Å². The van der Waals surface area contributed by atoms with Gasteiger partial charge in [0.2, 0.25) is 0 Å². The van der Waals surface area contributed by atoms with Gasteiger partial charge in [-0.2, -0.15) is 0 Å². The summed E-state index contributed by atoms with van der Waals surface area (Å²) in [6, 6.07) is 5.41. The number of carbonyl (C=O) groups excluding carboxylic acids is 2. The van der Waals surface area contributed by atoms with E-state index in [-0.39, 0.29) is 12.5 Å². The van der Waals surface area contributed by atoms with Gasteiger partial charge in [-0.25, -0.2) is 9.78 Å². The second-order valence-corrected chi connectivity index (χ2v) is 5.29. The second kappa shape index (κ2) is 6.02. The molecular weight excluding hydrogens is 306 g/mol. The van der Waals surface area contributed by atoms with E-state index in [1.807, 2.05) is 11.4 Å². The first kappa shape index (κ1) is 14.3. The third-order valence-electron chi connectivity index (χ3n) is 2.90. The summed E-state index contributed by atoms with van der Waals surface area (Å²) in [5.74, 6) is 0.441. The number of anilines is 2. The molecule has 0 radical (unpaired) electrons. The Kier molecular flexibility index (Phi) is 3.92. The normalized spacial score (nSPS) is 12.9. The monoisotopic (exact) mass is 319 g/mol. The molecule has 2 heterocycles. The van der Waals surface area contributed by atoms with Crippen LogP contribution in [0.25, 0.3) is 11.3 Å². The second-order valence-electron chi connectivity index (χ2n) is 4.43. The topological polar surface area (TPSA) is 89.5 Å². The van der Waals surface area contributed by atoms with Crippen molar-refractivity contribution in [3.05, 3.63) is 23.6 Å². The Morgan fingerprint density at radius 1 is 1.55 bits per heavy atom. The van der Waals surface area contributed by atoms with Crippen LogP contribution in [-0.4, -0.2) is 30.2 Å². The number of amides is 2. The Balaban J connectivity index is 1.80. The summed E-state index contributed by atoms with van der Waals surface area (Å²) in [6.07, 6.45) is -0.533. The van der Waals surface area contributed by atoms with Gasteiger partial charge in [0.1, 0.15) is 5.75 Å². The van der Waals surface area contributed by atoms with Gasteiger partial charge in [-0.15, -0.1) is 11.3 Å². The molecule has 0 unspecified atom stereocenters. The van der Waals surface area contributed by atoms with Gasteiger partial charge in [-0.05, 0) is 25.1 Å². The van der Waals surface area contributed by atoms with Crippen molar-refractivity contribution in [2.45, 2.75) is 6.92 Å². The molecule has 2 N–H and O–H groups in total. The van der Waals surface area contributed by atoms with Crippen molar-refractivity contribution in [1.82, 2.24) is 4.98 Å². The quantitative estimate of drug-likeness (QED) is 0.908. The summed E-state index contributed by atoms with van der Waals surface area (Å²) < 4.78 is 10.1. The lowest BCUT2D eigenvalue weighted by molar-refractivity contribution is -0.118. The molecule has 0 fully saturated rings. The summed E-state index contributed by atoms with van der Waals surface area (Å²) in [7, 11) is 0. The first-order valence-corrected chi connectivity index (χ1v) is 7.50. The van der Waals surface area contributed by atoms with Crippen LogP contribution in [0.2, 0.25) is 0 Å². The lowest BCUT2D eigenvalue weighted by Crippen LogP contribution is -2.25. The van der Waals surface area contributed by atoms with E-state index in [4.69, 9.17) is 9.47 Å². The predicted molar refractivity (Wildman–Crippen MR) is 82.3 cm³/mol. The summed E-state index contributed by atoms with van der Waals surface area (Å²) in [5.41, 5.74) is 2.12. The van der Waals surface area contributed by atoms with Crippen LogP contribution in [0.4, 0.5) is 15.6 Å². The van der Waals surface area contributed by atoms with Gasteiger partial charge in [0.25, 0.3) is 5.91 Å². The van der Waals surface area contributed by atoms with E-state index in [9.17, 15) is 9.59 Å². The molecule has 0 spiro atoms. The van der Waals surface area contributed by atoms with Crippen molar-refractivity contribution in [2.75, 3.05) is 23.8 Å². The molecule has 8 heteroatoms. The van der Waals surface area contributed by atoms with Gasteiger partial charge < -0.3 is 14.8 Å². The molecule has 0 aliphatic carbocycles. The highest BCUT2D eigenvalue weighted by molar-refractivity contribution is 7.14. The van der Waals surface area contributed by atoms with E-state index in [1.54, 1.807) is 19.1 Å². The summed E-state index contributed by atoms with van der Waals surface area (Å²) in [5, 5.41) is 7.57. The third kappa shape index (κ3) is 3.01. The Bertz CT molecular complexity index is 729. The number of carbonyl (C=O) groups is 2. The lowest BCUT2D eigenvalue weighted by atomic mass is 10.1. The van der Waals surface area contributed by atoms with Crippen molar-refractivity contribution in [3.63, 3.8) is 0 Å². The standard InChI is InChI=1S/C14H13N3O4S/c1-2-20-14(19)17-13-16-10(7-22-13)8-3-4-11-9(5-8)15-12(18)6-21-11/h3-5,7H,2,6H2,1H3,(H,15,18)(H,16,17,19). The fraction of sp³-hybridized carbons (Fsp3) is 0.214. The van der Waals surface area contributed by atoms with Crippen LogP contribution in [0.1, 0.15) is 6.92 Å². The van der Waals surface area contributed by atoms with Crippen molar-refractivity contribution in [1.29, 1.82) is 0 Å². The summed E-state index contributed by atoms with van der Waals surface area (Å²) in [4.78, 5) is 27.0. The van der Waals surface area contributed by atoms with Gasteiger partial charge >= 0.3 is 6.09 Å².